The Bertz CT molecular complexity index is 592. The van der Waals surface area contributed by atoms with E-state index in [1.54, 1.807) is 16.9 Å². The average molecular weight is 260 g/mol. The topological polar surface area (TPSA) is 98.7 Å². The van der Waals surface area contributed by atoms with Crippen molar-refractivity contribution in [1.29, 1.82) is 0 Å². The van der Waals surface area contributed by atoms with Crippen molar-refractivity contribution in [1.82, 2.24) is 19.7 Å². The van der Waals surface area contributed by atoms with Crippen LogP contribution in [-0.4, -0.2) is 32.7 Å². The standard InChI is InChI=1S/C12H16N6O/c1-3-4-8-11(14-2)15-7-16-12(8)18-6-5-9(17-18)10(13)19/h5-7H,3-4H2,1-2H3,(H2,13,19)(H,14,15,16). The van der Waals surface area contributed by atoms with Gasteiger partial charge in [0.05, 0.1) is 0 Å². The summed E-state index contributed by atoms with van der Waals surface area (Å²) in [6.07, 6.45) is 4.91. The Morgan fingerprint density at radius 2 is 2.26 bits per heavy atom. The molecule has 0 aliphatic heterocycles. The molecule has 0 unspecified atom stereocenters. The largest absolute Gasteiger partial charge is 0.373 e. The fourth-order valence-corrected chi connectivity index (χ4v) is 1.87. The second-order valence-corrected chi connectivity index (χ2v) is 4.03. The Morgan fingerprint density at radius 1 is 1.47 bits per heavy atom. The van der Waals surface area contributed by atoms with Gasteiger partial charge < -0.3 is 11.1 Å². The molecule has 19 heavy (non-hydrogen) atoms. The van der Waals surface area contributed by atoms with Gasteiger partial charge in [0.25, 0.3) is 5.91 Å². The van der Waals surface area contributed by atoms with E-state index < -0.39 is 5.91 Å². The van der Waals surface area contributed by atoms with Crippen LogP contribution < -0.4 is 11.1 Å². The third-order valence-corrected chi connectivity index (χ3v) is 2.72. The molecule has 100 valence electrons. The van der Waals surface area contributed by atoms with Gasteiger partial charge in [-0.3, -0.25) is 4.79 Å². The molecule has 0 aromatic carbocycles. The van der Waals surface area contributed by atoms with Gasteiger partial charge in [0.2, 0.25) is 0 Å². The number of primary amides is 1. The number of nitrogens with one attached hydrogen (secondary N) is 1. The normalized spacial score (nSPS) is 10.4. The number of amides is 1. The van der Waals surface area contributed by atoms with Crippen LogP contribution in [0.25, 0.3) is 5.82 Å². The number of carbonyl (C=O) groups is 1. The van der Waals surface area contributed by atoms with Crippen LogP contribution in [0.15, 0.2) is 18.6 Å². The minimum atomic E-state index is -0.557. The summed E-state index contributed by atoms with van der Waals surface area (Å²) >= 11 is 0. The van der Waals surface area contributed by atoms with E-state index in [2.05, 4.69) is 27.3 Å². The van der Waals surface area contributed by atoms with E-state index in [-0.39, 0.29) is 5.69 Å². The van der Waals surface area contributed by atoms with Gasteiger partial charge in [0.15, 0.2) is 5.82 Å². The van der Waals surface area contributed by atoms with Crippen molar-refractivity contribution in [3.05, 3.63) is 29.8 Å². The number of aromatic nitrogens is 4. The molecule has 0 bridgehead atoms. The molecule has 3 N–H and O–H groups in total. The molecule has 0 aliphatic rings. The number of nitrogens with two attached hydrogens (primary N) is 1. The maximum absolute atomic E-state index is 11.1. The van der Waals surface area contributed by atoms with Crippen molar-refractivity contribution in [3.8, 4) is 5.82 Å². The molecule has 2 aromatic rings. The summed E-state index contributed by atoms with van der Waals surface area (Å²) in [4.78, 5) is 19.5. The number of hydrogen-bond donors (Lipinski definition) is 2. The molecule has 2 heterocycles. The van der Waals surface area contributed by atoms with Crippen LogP contribution >= 0.6 is 0 Å². The van der Waals surface area contributed by atoms with Gasteiger partial charge in [0.1, 0.15) is 17.8 Å². The van der Waals surface area contributed by atoms with Gasteiger partial charge in [-0.15, -0.1) is 0 Å². The first-order valence-electron chi connectivity index (χ1n) is 6.04. The van der Waals surface area contributed by atoms with Crippen LogP contribution in [0, 0.1) is 0 Å². The maximum atomic E-state index is 11.1. The lowest BCUT2D eigenvalue weighted by molar-refractivity contribution is 0.0995. The van der Waals surface area contributed by atoms with Crippen molar-refractivity contribution >= 4 is 11.7 Å². The van der Waals surface area contributed by atoms with Crippen LogP contribution in [0.1, 0.15) is 29.4 Å². The number of anilines is 1. The highest BCUT2D eigenvalue weighted by Crippen LogP contribution is 2.20. The maximum Gasteiger partial charge on any atom is 0.269 e. The molecule has 7 heteroatoms. The molecule has 0 atom stereocenters. The van der Waals surface area contributed by atoms with Crippen molar-refractivity contribution in [3.63, 3.8) is 0 Å². The molecular weight excluding hydrogens is 244 g/mol. The van der Waals surface area contributed by atoms with Gasteiger partial charge in [-0.05, 0) is 12.5 Å². The number of carbonyl (C=O) groups excluding carboxylic acids is 1. The molecule has 1 amide bonds. The molecule has 2 rings (SSSR count). The highest BCUT2D eigenvalue weighted by Gasteiger charge is 2.13. The van der Waals surface area contributed by atoms with Crippen molar-refractivity contribution in [2.45, 2.75) is 19.8 Å². The molecule has 2 aromatic heterocycles. The van der Waals surface area contributed by atoms with Gasteiger partial charge in [-0.1, -0.05) is 13.3 Å². The lowest BCUT2D eigenvalue weighted by Gasteiger charge is -2.11. The van der Waals surface area contributed by atoms with Gasteiger partial charge in [0, 0.05) is 18.8 Å². The van der Waals surface area contributed by atoms with E-state index in [1.807, 2.05) is 7.05 Å². The van der Waals surface area contributed by atoms with Crippen molar-refractivity contribution in [2.75, 3.05) is 12.4 Å². The Morgan fingerprint density at radius 3 is 2.84 bits per heavy atom. The number of rotatable bonds is 5. The first-order valence-corrected chi connectivity index (χ1v) is 6.04. The first kappa shape index (κ1) is 13.0. The van der Waals surface area contributed by atoms with E-state index in [0.717, 1.165) is 24.2 Å². The fourth-order valence-electron chi connectivity index (χ4n) is 1.87. The Labute approximate surface area is 110 Å². The molecular formula is C12H16N6O. The molecule has 0 aliphatic carbocycles. The summed E-state index contributed by atoms with van der Waals surface area (Å²) in [6.45, 7) is 2.08. The quantitative estimate of drug-likeness (QED) is 0.826. The van der Waals surface area contributed by atoms with Crippen molar-refractivity contribution < 1.29 is 4.79 Å². The molecule has 0 saturated heterocycles. The second-order valence-electron chi connectivity index (χ2n) is 4.03. The van der Waals surface area contributed by atoms with Crippen LogP contribution in [0.5, 0.6) is 0 Å². The predicted molar refractivity (Wildman–Crippen MR) is 71.2 cm³/mol. The zero-order valence-corrected chi connectivity index (χ0v) is 10.9. The lowest BCUT2D eigenvalue weighted by Crippen LogP contribution is -2.13. The van der Waals surface area contributed by atoms with Crippen LogP contribution in [0.4, 0.5) is 5.82 Å². The highest BCUT2D eigenvalue weighted by molar-refractivity contribution is 5.90. The number of nitrogens with zero attached hydrogens (tertiary/aromatic N) is 4. The third kappa shape index (κ3) is 2.54. The minimum absolute atomic E-state index is 0.215. The first-order chi connectivity index (χ1) is 9.17. The SMILES string of the molecule is CCCc1c(NC)ncnc1-n1ccc(C(N)=O)n1. The fraction of sp³-hybridized carbons (Fsp3) is 0.333. The summed E-state index contributed by atoms with van der Waals surface area (Å²) < 4.78 is 1.55. The van der Waals surface area contributed by atoms with E-state index >= 15 is 0 Å². The summed E-state index contributed by atoms with van der Waals surface area (Å²) in [5.41, 5.74) is 6.38. The average Bonchev–Trinajstić information content (AvgIpc) is 2.89. The van der Waals surface area contributed by atoms with Gasteiger partial charge >= 0.3 is 0 Å². The Hall–Kier alpha value is -2.44. The molecule has 7 nitrogen and oxygen atoms in total. The minimum Gasteiger partial charge on any atom is -0.373 e. The smallest absolute Gasteiger partial charge is 0.269 e. The zero-order valence-electron chi connectivity index (χ0n) is 10.9. The summed E-state index contributed by atoms with van der Waals surface area (Å²) in [7, 11) is 1.81. The van der Waals surface area contributed by atoms with Crippen LogP contribution in [0.3, 0.4) is 0 Å². The van der Waals surface area contributed by atoms with Crippen LogP contribution in [0.2, 0.25) is 0 Å². The second kappa shape index (κ2) is 5.47. The van der Waals surface area contributed by atoms with E-state index in [9.17, 15) is 4.79 Å². The van der Waals surface area contributed by atoms with E-state index in [0.29, 0.717) is 5.82 Å². The van der Waals surface area contributed by atoms with Crippen molar-refractivity contribution in [2.24, 2.45) is 5.73 Å². The molecule has 0 spiro atoms. The summed E-state index contributed by atoms with van der Waals surface area (Å²) in [5.74, 6) is 0.871. The Kier molecular flexibility index (Phi) is 3.74. The molecule has 0 fully saturated rings. The van der Waals surface area contributed by atoms with E-state index in [4.69, 9.17) is 5.73 Å². The monoisotopic (exact) mass is 260 g/mol. The van der Waals surface area contributed by atoms with Crippen LogP contribution in [-0.2, 0) is 6.42 Å². The molecule has 0 radical (unpaired) electrons. The molecule has 0 saturated carbocycles. The number of hydrogen-bond acceptors (Lipinski definition) is 5. The predicted octanol–water partition coefficient (Wildman–Crippen LogP) is 0.755. The van der Waals surface area contributed by atoms with Gasteiger partial charge in [-0.25, -0.2) is 14.6 Å². The highest BCUT2D eigenvalue weighted by atomic mass is 16.1. The summed E-state index contributed by atoms with van der Waals surface area (Å²) in [6, 6.07) is 1.57. The zero-order chi connectivity index (χ0) is 13.8. The van der Waals surface area contributed by atoms with Gasteiger partial charge in [-0.2, -0.15) is 5.10 Å². The lowest BCUT2D eigenvalue weighted by atomic mass is 10.1. The van der Waals surface area contributed by atoms with E-state index in [1.165, 1.54) is 6.33 Å². The summed E-state index contributed by atoms with van der Waals surface area (Å²) in [5, 5.41) is 7.16. The Balaban J connectivity index is 2.50. The third-order valence-electron chi connectivity index (χ3n) is 2.72.